The lowest BCUT2D eigenvalue weighted by atomic mass is 10.1. The molecule has 2 saturated heterocycles. The molecular formula is C17H17N3O6S. The van der Waals surface area contributed by atoms with Crippen LogP contribution in [0.5, 0.6) is 5.75 Å². The minimum Gasteiger partial charge on any atom is -0.502 e. The lowest BCUT2D eigenvalue weighted by Gasteiger charge is -2.27. The van der Waals surface area contributed by atoms with Gasteiger partial charge >= 0.3 is 5.69 Å². The van der Waals surface area contributed by atoms with Crippen LogP contribution in [0.15, 0.2) is 23.1 Å². The highest BCUT2D eigenvalue weighted by molar-refractivity contribution is 8.18. The summed E-state index contributed by atoms with van der Waals surface area (Å²) < 4.78 is 0. The van der Waals surface area contributed by atoms with Gasteiger partial charge in [-0.2, -0.15) is 0 Å². The number of nitro benzene ring substituents is 1. The standard InChI is InChI=1S/C17H17N3O6S/c21-14(18-7-2-1-3-8-18)10-19-16(23)13(27-17(19)24)9-11-5-4-6-12(15(11)22)20(25)26/h4-6,9,22H,1-3,7-8,10H2/b13-9-. The highest BCUT2D eigenvalue weighted by Gasteiger charge is 2.37. The Balaban J connectivity index is 1.78. The zero-order chi connectivity index (χ0) is 19.6. The van der Waals surface area contributed by atoms with Gasteiger partial charge in [-0.1, -0.05) is 12.1 Å². The zero-order valence-electron chi connectivity index (χ0n) is 14.3. The Labute approximate surface area is 158 Å². The van der Waals surface area contributed by atoms with Crippen LogP contribution in [0.1, 0.15) is 24.8 Å². The monoisotopic (exact) mass is 391 g/mol. The molecule has 10 heteroatoms. The second kappa shape index (κ2) is 7.78. The molecule has 0 aliphatic carbocycles. The van der Waals surface area contributed by atoms with Gasteiger partial charge in [0.15, 0.2) is 0 Å². The molecule has 0 radical (unpaired) electrons. The Morgan fingerprint density at radius 1 is 1.26 bits per heavy atom. The summed E-state index contributed by atoms with van der Waals surface area (Å²) in [6, 6.07) is 3.90. The first-order chi connectivity index (χ1) is 12.9. The second-order valence-corrected chi connectivity index (χ2v) is 7.17. The molecule has 0 aromatic heterocycles. The molecule has 2 aliphatic rings. The molecule has 0 unspecified atom stereocenters. The predicted molar refractivity (Wildman–Crippen MR) is 97.9 cm³/mol. The van der Waals surface area contributed by atoms with E-state index in [1.807, 2.05) is 0 Å². The summed E-state index contributed by atoms with van der Waals surface area (Å²) in [4.78, 5) is 49.6. The van der Waals surface area contributed by atoms with E-state index in [-0.39, 0.29) is 22.9 Å². The second-order valence-electron chi connectivity index (χ2n) is 6.18. The van der Waals surface area contributed by atoms with Crippen molar-refractivity contribution in [3.8, 4) is 5.75 Å². The van der Waals surface area contributed by atoms with Gasteiger partial charge in [-0.15, -0.1) is 0 Å². The van der Waals surface area contributed by atoms with Gasteiger partial charge in [-0.05, 0) is 37.1 Å². The molecule has 1 aromatic rings. The molecule has 2 heterocycles. The van der Waals surface area contributed by atoms with Crippen molar-refractivity contribution in [2.75, 3.05) is 19.6 Å². The zero-order valence-corrected chi connectivity index (χ0v) is 15.1. The summed E-state index contributed by atoms with van der Waals surface area (Å²) in [6.45, 7) is 0.905. The van der Waals surface area contributed by atoms with Crippen LogP contribution < -0.4 is 0 Å². The SMILES string of the molecule is O=C(CN1C(=O)S/C(=C\c2cccc([N+](=O)[O-])c2O)C1=O)N1CCCCC1. The van der Waals surface area contributed by atoms with Gasteiger partial charge in [-0.25, -0.2) is 0 Å². The highest BCUT2D eigenvalue weighted by atomic mass is 32.2. The first kappa shape index (κ1) is 18.9. The van der Waals surface area contributed by atoms with Crippen molar-refractivity contribution in [2.24, 2.45) is 0 Å². The minimum atomic E-state index is -0.740. The van der Waals surface area contributed by atoms with Crippen LogP contribution in [0.3, 0.4) is 0 Å². The number of phenols is 1. The fraction of sp³-hybridized carbons (Fsp3) is 0.353. The Hall–Kier alpha value is -2.88. The molecule has 142 valence electrons. The van der Waals surface area contributed by atoms with E-state index < -0.39 is 27.5 Å². The van der Waals surface area contributed by atoms with Crippen molar-refractivity contribution < 1.29 is 24.4 Å². The van der Waals surface area contributed by atoms with Crippen LogP contribution in [0.25, 0.3) is 6.08 Å². The first-order valence-electron chi connectivity index (χ1n) is 8.38. The lowest BCUT2D eigenvalue weighted by molar-refractivity contribution is -0.385. The van der Waals surface area contributed by atoms with Gasteiger partial charge in [0.25, 0.3) is 11.1 Å². The number of aromatic hydroxyl groups is 1. The maximum Gasteiger partial charge on any atom is 0.311 e. The van der Waals surface area contributed by atoms with E-state index in [4.69, 9.17) is 0 Å². The van der Waals surface area contributed by atoms with Crippen LogP contribution in [0.2, 0.25) is 0 Å². The van der Waals surface area contributed by atoms with Gasteiger partial charge in [0, 0.05) is 24.7 Å². The molecule has 0 atom stereocenters. The normalized spacial score (nSPS) is 19.0. The molecular weight excluding hydrogens is 374 g/mol. The van der Waals surface area contributed by atoms with Gasteiger partial charge in [0.05, 0.1) is 9.83 Å². The summed E-state index contributed by atoms with van der Waals surface area (Å²) in [7, 11) is 0. The van der Waals surface area contributed by atoms with E-state index in [1.54, 1.807) is 4.90 Å². The van der Waals surface area contributed by atoms with Crippen LogP contribution in [0, 0.1) is 10.1 Å². The summed E-state index contributed by atoms with van der Waals surface area (Å²) >= 11 is 0.635. The van der Waals surface area contributed by atoms with Crippen LogP contribution in [-0.2, 0) is 9.59 Å². The largest absolute Gasteiger partial charge is 0.502 e. The van der Waals surface area contributed by atoms with Crippen molar-refractivity contribution in [3.05, 3.63) is 38.8 Å². The highest BCUT2D eigenvalue weighted by Crippen LogP contribution is 2.36. The quantitative estimate of drug-likeness (QED) is 0.475. The first-order valence-corrected chi connectivity index (χ1v) is 9.19. The maximum absolute atomic E-state index is 12.5. The molecule has 27 heavy (non-hydrogen) atoms. The number of thioether (sulfide) groups is 1. The average Bonchev–Trinajstić information content (AvgIpc) is 2.91. The number of benzene rings is 1. The number of nitrogens with zero attached hydrogens (tertiary/aromatic N) is 3. The lowest BCUT2D eigenvalue weighted by Crippen LogP contribution is -2.44. The van der Waals surface area contributed by atoms with Gasteiger partial charge < -0.3 is 10.0 Å². The molecule has 0 bridgehead atoms. The third-order valence-electron chi connectivity index (χ3n) is 4.40. The number of hydrogen-bond acceptors (Lipinski definition) is 7. The number of amides is 3. The molecule has 0 spiro atoms. The predicted octanol–water partition coefficient (Wildman–Crippen LogP) is 2.35. The third kappa shape index (κ3) is 3.95. The van der Waals surface area contributed by atoms with Crippen LogP contribution in [-0.4, -0.2) is 56.5 Å². The van der Waals surface area contributed by atoms with E-state index in [2.05, 4.69) is 0 Å². The van der Waals surface area contributed by atoms with Gasteiger partial charge in [-0.3, -0.25) is 29.4 Å². The number of phenolic OH excluding ortho intramolecular Hbond substituents is 1. The smallest absolute Gasteiger partial charge is 0.311 e. The Morgan fingerprint density at radius 2 is 1.96 bits per heavy atom. The van der Waals surface area contributed by atoms with E-state index in [1.165, 1.54) is 18.2 Å². The molecule has 0 saturated carbocycles. The Kier molecular flexibility index (Phi) is 5.45. The fourth-order valence-electron chi connectivity index (χ4n) is 2.97. The van der Waals surface area contributed by atoms with Crippen molar-refractivity contribution in [2.45, 2.75) is 19.3 Å². The number of nitro groups is 1. The summed E-state index contributed by atoms with van der Waals surface area (Å²) in [5, 5.41) is 20.3. The van der Waals surface area contributed by atoms with Crippen molar-refractivity contribution in [1.82, 2.24) is 9.80 Å². The van der Waals surface area contributed by atoms with Crippen molar-refractivity contribution >= 4 is 40.6 Å². The molecule has 2 fully saturated rings. The van der Waals surface area contributed by atoms with Crippen LogP contribution in [0.4, 0.5) is 10.5 Å². The maximum atomic E-state index is 12.5. The number of piperidine rings is 1. The van der Waals surface area contributed by atoms with E-state index in [0.29, 0.717) is 24.9 Å². The topological polar surface area (TPSA) is 121 Å². The van der Waals surface area contributed by atoms with Gasteiger partial charge in [0.2, 0.25) is 11.7 Å². The molecule has 3 amide bonds. The molecule has 1 aromatic carbocycles. The van der Waals surface area contributed by atoms with Crippen LogP contribution >= 0.6 is 11.8 Å². The number of imide groups is 1. The Bertz CT molecular complexity index is 847. The summed E-state index contributed by atoms with van der Waals surface area (Å²) in [5.41, 5.74) is -0.444. The van der Waals surface area contributed by atoms with E-state index in [0.717, 1.165) is 30.2 Å². The fourth-order valence-corrected chi connectivity index (χ4v) is 3.80. The summed E-state index contributed by atoms with van der Waals surface area (Å²) in [6.07, 6.45) is 4.08. The molecule has 9 nitrogen and oxygen atoms in total. The number of carbonyl (C=O) groups excluding carboxylic acids is 3. The number of para-hydroxylation sites is 1. The Morgan fingerprint density at radius 3 is 2.63 bits per heavy atom. The van der Waals surface area contributed by atoms with Crippen molar-refractivity contribution in [3.63, 3.8) is 0 Å². The molecule has 2 aliphatic heterocycles. The van der Waals surface area contributed by atoms with E-state index >= 15 is 0 Å². The third-order valence-corrected chi connectivity index (χ3v) is 5.31. The minimum absolute atomic E-state index is 0.00208. The molecule has 3 rings (SSSR count). The number of hydrogen-bond donors (Lipinski definition) is 1. The summed E-state index contributed by atoms with van der Waals surface area (Å²) in [5.74, 6) is -1.52. The number of carbonyl (C=O) groups is 3. The number of rotatable bonds is 4. The van der Waals surface area contributed by atoms with E-state index in [9.17, 15) is 29.6 Å². The molecule has 1 N–H and O–H groups in total. The van der Waals surface area contributed by atoms with Crippen molar-refractivity contribution in [1.29, 1.82) is 0 Å². The van der Waals surface area contributed by atoms with Gasteiger partial charge in [0.1, 0.15) is 6.54 Å². The number of likely N-dealkylation sites (tertiary alicyclic amines) is 1. The average molecular weight is 391 g/mol.